The third-order valence-corrected chi connectivity index (χ3v) is 5.57. The highest BCUT2D eigenvalue weighted by Gasteiger charge is 2.23. The minimum atomic E-state index is -0.575. The van der Waals surface area contributed by atoms with E-state index in [1.54, 1.807) is 0 Å². The van der Waals surface area contributed by atoms with E-state index < -0.39 is 11.2 Å². The van der Waals surface area contributed by atoms with Gasteiger partial charge in [0, 0.05) is 13.1 Å². The van der Waals surface area contributed by atoms with E-state index in [1.807, 2.05) is 24.5 Å². The van der Waals surface area contributed by atoms with Crippen LogP contribution in [0.25, 0.3) is 22.6 Å². The second kappa shape index (κ2) is 8.04. The van der Waals surface area contributed by atoms with Crippen LogP contribution in [0, 0.1) is 13.8 Å². The van der Waals surface area contributed by atoms with Crippen molar-refractivity contribution >= 4 is 11.0 Å². The molecule has 2 aliphatic rings. The predicted molar refractivity (Wildman–Crippen MR) is 115 cm³/mol. The van der Waals surface area contributed by atoms with E-state index in [9.17, 15) is 9.59 Å². The van der Waals surface area contributed by atoms with Crippen LogP contribution < -0.4 is 17.0 Å². The molecule has 1 aromatic carbocycles. The third kappa shape index (κ3) is 4.09. The first-order chi connectivity index (χ1) is 13.7. The Morgan fingerprint density at radius 1 is 1.00 bits per heavy atom. The Hall–Kier alpha value is -2.58. The Balaban J connectivity index is 2.30. The van der Waals surface area contributed by atoms with Gasteiger partial charge in [0.1, 0.15) is 0 Å². The van der Waals surface area contributed by atoms with Gasteiger partial charge in [-0.25, -0.2) is 9.78 Å². The lowest BCUT2D eigenvalue weighted by atomic mass is 10.1. The zero-order valence-corrected chi connectivity index (χ0v) is 18.0. The van der Waals surface area contributed by atoms with Crippen LogP contribution in [0.15, 0.2) is 21.7 Å². The number of hydrogen-bond acceptors (Lipinski definition) is 5. The molecule has 1 aromatic rings. The number of quaternary nitrogens is 1. The molecule has 2 N–H and O–H groups in total. The molecule has 0 radical (unpaired) electrons. The van der Waals surface area contributed by atoms with Crippen molar-refractivity contribution in [2.75, 3.05) is 33.7 Å². The maximum atomic E-state index is 13.0. The summed E-state index contributed by atoms with van der Waals surface area (Å²) < 4.78 is 3.90. The number of fused-ring (bicyclic) bond motifs is 2. The molecule has 0 unspecified atom stereocenters. The number of aryl methyl sites for hydroxylation is 2. The average Bonchev–Trinajstić information content (AvgIpc) is 2.64. The fourth-order valence-electron chi connectivity index (χ4n) is 3.77. The summed E-state index contributed by atoms with van der Waals surface area (Å²) in [5.74, 6) is 0.348. The Bertz CT molecular complexity index is 1130. The maximum Gasteiger partial charge on any atom is 0.352 e. The summed E-state index contributed by atoms with van der Waals surface area (Å²) in [5, 5.41) is 0. The van der Waals surface area contributed by atoms with Gasteiger partial charge in [0.2, 0.25) is 0 Å². The number of nitrogens with two attached hydrogens (primary N) is 1. The highest BCUT2D eigenvalue weighted by molar-refractivity contribution is 5.81. The second-order valence-electron chi connectivity index (χ2n) is 8.38. The number of rotatable bonds is 7. The largest absolute Gasteiger partial charge is 0.352 e. The maximum absolute atomic E-state index is 13.0. The molecular weight excluding hydrogens is 368 g/mol. The van der Waals surface area contributed by atoms with Crippen molar-refractivity contribution in [2.24, 2.45) is 5.73 Å². The van der Waals surface area contributed by atoms with Gasteiger partial charge in [0.15, 0.2) is 11.5 Å². The fourth-order valence-corrected chi connectivity index (χ4v) is 3.77. The molecule has 29 heavy (non-hydrogen) atoms. The predicted octanol–water partition coefficient (Wildman–Crippen LogP) is 1.12. The number of hydrogen-bond donors (Lipinski definition) is 1. The lowest BCUT2D eigenvalue weighted by molar-refractivity contribution is -0.890. The van der Waals surface area contributed by atoms with E-state index in [-0.39, 0.29) is 18.8 Å². The summed E-state index contributed by atoms with van der Waals surface area (Å²) >= 11 is 0. The molecule has 0 fully saturated rings. The average molecular weight is 400 g/mol. The van der Waals surface area contributed by atoms with E-state index in [0.717, 1.165) is 50.7 Å². The first kappa shape index (κ1) is 21.1. The molecule has 0 spiro atoms. The molecule has 156 valence electrons. The Morgan fingerprint density at radius 2 is 1.69 bits per heavy atom. The number of likely N-dealkylation sites (N-methyl/N-ethyl adjacent to an activating group) is 1. The lowest BCUT2D eigenvalue weighted by Gasteiger charge is -2.30. The topological polar surface area (TPSA) is 95.8 Å². The smallest absolute Gasteiger partial charge is 0.329 e. The van der Waals surface area contributed by atoms with Gasteiger partial charge in [0.05, 0.1) is 44.8 Å². The Kier molecular flexibility index (Phi) is 5.86. The number of aromatic nitrogens is 4. The zero-order chi connectivity index (χ0) is 21.3. The van der Waals surface area contributed by atoms with Gasteiger partial charge in [-0.05, 0) is 43.5 Å². The van der Waals surface area contributed by atoms with Crippen LogP contribution in [0.3, 0.4) is 0 Å². The van der Waals surface area contributed by atoms with Gasteiger partial charge >= 0.3 is 5.69 Å². The molecule has 2 aliphatic heterocycles. The molecule has 0 saturated heterocycles. The van der Waals surface area contributed by atoms with Crippen molar-refractivity contribution in [3.63, 3.8) is 0 Å². The third-order valence-electron chi connectivity index (χ3n) is 5.57. The van der Waals surface area contributed by atoms with Crippen molar-refractivity contribution in [1.29, 1.82) is 0 Å². The van der Waals surface area contributed by atoms with Crippen LogP contribution in [-0.4, -0.2) is 57.3 Å². The monoisotopic (exact) mass is 399 g/mol. The van der Waals surface area contributed by atoms with Gasteiger partial charge < -0.3 is 14.8 Å². The number of nitrogens with zero attached hydrogens (tertiary/aromatic N) is 5. The minimum Gasteiger partial charge on any atom is -0.329 e. The summed E-state index contributed by atoms with van der Waals surface area (Å²) in [6.07, 6.45) is 1.08. The Labute approximate surface area is 170 Å². The minimum absolute atomic E-state index is 0.133. The van der Waals surface area contributed by atoms with Crippen molar-refractivity contribution in [3.05, 3.63) is 44.1 Å². The van der Waals surface area contributed by atoms with E-state index in [0.29, 0.717) is 12.4 Å². The van der Waals surface area contributed by atoms with Crippen molar-refractivity contribution in [2.45, 2.75) is 40.3 Å². The molecule has 0 aromatic heterocycles. The molecular formula is C21H31N6O2+. The molecule has 0 amide bonds. The first-order valence-corrected chi connectivity index (χ1v) is 10.1. The molecule has 0 bridgehead atoms. The standard InChI is InChI=1S/C21H31N6O2/c1-6-10-27(4,5)11-9-25-17-13-15(3)14(2)12-16(17)23-18-19(25)24-21(29)26(8-7-22)20(18)28/h12-13H,6-11,22H2,1-5H3/q+1. The summed E-state index contributed by atoms with van der Waals surface area (Å²) in [6.45, 7) is 9.10. The molecule has 2 heterocycles. The molecule has 0 atom stereocenters. The van der Waals surface area contributed by atoms with Crippen LogP contribution in [0.1, 0.15) is 24.5 Å². The Morgan fingerprint density at radius 3 is 2.34 bits per heavy atom. The van der Waals surface area contributed by atoms with Gasteiger partial charge in [-0.1, -0.05) is 6.92 Å². The molecule has 0 aliphatic carbocycles. The molecule has 0 saturated carbocycles. The molecule has 8 nitrogen and oxygen atoms in total. The zero-order valence-electron chi connectivity index (χ0n) is 18.0. The summed E-state index contributed by atoms with van der Waals surface area (Å²) in [7, 11) is 4.37. The summed E-state index contributed by atoms with van der Waals surface area (Å²) in [6, 6.07) is 4.05. The van der Waals surface area contributed by atoms with Crippen LogP contribution in [0.5, 0.6) is 0 Å². The van der Waals surface area contributed by atoms with Gasteiger partial charge in [0.25, 0.3) is 5.56 Å². The lowest BCUT2D eigenvalue weighted by Crippen LogP contribution is -2.44. The first-order valence-electron chi connectivity index (χ1n) is 10.1. The van der Waals surface area contributed by atoms with Crippen molar-refractivity contribution in [3.8, 4) is 11.5 Å². The highest BCUT2D eigenvalue weighted by Crippen LogP contribution is 2.24. The van der Waals surface area contributed by atoms with E-state index in [4.69, 9.17) is 5.73 Å². The highest BCUT2D eigenvalue weighted by atomic mass is 16.2. The SMILES string of the molecule is CCC[N+](C)(C)CCn1c2nc(=O)n(CCN)c(=O)c-2nc2cc(C)c(C)cc21. The fraction of sp³-hybridized carbons (Fsp3) is 0.524. The van der Waals surface area contributed by atoms with E-state index in [1.165, 1.54) is 0 Å². The van der Waals surface area contributed by atoms with Gasteiger partial charge in [-0.15, -0.1) is 0 Å². The molecule has 8 heteroatoms. The van der Waals surface area contributed by atoms with Crippen molar-refractivity contribution in [1.82, 2.24) is 19.1 Å². The number of benzene rings is 1. The van der Waals surface area contributed by atoms with Crippen LogP contribution in [0.2, 0.25) is 0 Å². The van der Waals surface area contributed by atoms with Crippen molar-refractivity contribution < 1.29 is 4.48 Å². The van der Waals surface area contributed by atoms with E-state index in [2.05, 4.69) is 37.1 Å². The normalized spacial score (nSPS) is 12.2. The van der Waals surface area contributed by atoms with Gasteiger partial charge in [-0.2, -0.15) is 4.98 Å². The quantitative estimate of drug-likeness (QED) is 0.474. The summed E-state index contributed by atoms with van der Waals surface area (Å²) in [5.41, 5.74) is 8.64. The van der Waals surface area contributed by atoms with Crippen LogP contribution >= 0.6 is 0 Å². The molecule has 3 rings (SSSR count). The second-order valence-corrected chi connectivity index (χ2v) is 8.38. The van der Waals surface area contributed by atoms with E-state index >= 15 is 0 Å². The van der Waals surface area contributed by atoms with Crippen LogP contribution in [0.4, 0.5) is 0 Å². The van der Waals surface area contributed by atoms with Crippen LogP contribution in [-0.2, 0) is 13.1 Å². The summed E-state index contributed by atoms with van der Waals surface area (Å²) in [4.78, 5) is 34.3. The van der Waals surface area contributed by atoms with Gasteiger partial charge in [-0.3, -0.25) is 9.36 Å².